The van der Waals surface area contributed by atoms with Gasteiger partial charge in [-0.3, -0.25) is 4.79 Å². The molecule has 2 atom stereocenters. The second-order valence-electron chi connectivity index (χ2n) is 7.12. The number of carbonyl (C=O) groups excluding carboxylic acids is 1. The molecule has 2 aliphatic carbocycles. The molecule has 2 bridgehead atoms. The molecule has 2 fully saturated rings. The van der Waals surface area contributed by atoms with Gasteiger partial charge in [-0.2, -0.15) is 0 Å². The minimum absolute atomic E-state index is 0.159. The van der Waals surface area contributed by atoms with Gasteiger partial charge in [-0.05, 0) is 55.6 Å². The lowest BCUT2D eigenvalue weighted by molar-refractivity contribution is 0.0763. The van der Waals surface area contributed by atoms with Gasteiger partial charge in [-0.25, -0.2) is 0 Å². The monoisotopic (exact) mass is 285 g/mol. The molecular weight excluding hydrogens is 258 g/mol. The zero-order valence-corrected chi connectivity index (χ0v) is 13.1. The summed E-state index contributed by atoms with van der Waals surface area (Å²) in [6, 6.07) is 9.64. The van der Waals surface area contributed by atoms with E-state index in [1.165, 1.54) is 44.9 Å². The number of fused-ring (bicyclic) bond motifs is 2. The van der Waals surface area contributed by atoms with Crippen molar-refractivity contribution in [3.05, 3.63) is 35.9 Å². The third-order valence-corrected chi connectivity index (χ3v) is 5.46. The minimum Gasteiger partial charge on any atom is -0.342 e. The first-order valence-electron chi connectivity index (χ1n) is 8.53. The molecule has 0 aromatic heterocycles. The number of rotatable bonds is 4. The SMILES string of the molecule is CN(CCC1CC2CCCC(C2)C1)C(=O)c1ccccc1. The number of amides is 1. The molecule has 2 aliphatic rings. The maximum absolute atomic E-state index is 12.3. The standard InChI is InChI=1S/C19H27NO/c1-20(19(21)18-8-3-2-4-9-18)11-10-17-13-15-6-5-7-16(12-15)14-17/h2-4,8-9,15-17H,5-7,10-14H2,1H3. The highest BCUT2D eigenvalue weighted by molar-refractivity contribution is 5.93. The molecule has 0 radical (unpaired) electrons. The Morgan fingerprint density at radius 1 is 1.10 bits per heavy atom. The summed E-state index contributed by atoms with van der Waals surface area (Å²) in [5.41, 5.74) is 0.806. The van der Waals surface area contributed by atoms with E-state index >= 15 is 0 Å². The fourth-order valence-corrected chi connectivity index (χ4v) is 4.38. The van der Waals surface area contributed by atoms with Crippen molar-refractivity contribution < 1.29 is 4.79 Å². The van der Waals surface area contributed by atoms with Crippen LogP contribution < -0.4 is 0 Å². The van der Waals surface area contributed by atoms with Crippen molar-refractivity contribution in [2.75, 3.05) is 13.6 Å². The molecule has 0 N–H and O–H groups in total. The van der Waals surface area contributed by atoms with E-state index in [1.54, 1.807) is 0 Å². The molecular formula is C19H27NO. The van der Waals surface area contributed by atoms with Gasteiger partial charge in [0.2, 0.25) is 0 Å². The van der Waals surface area contributed by atoms with Crippen LogP contribution in [0.5, 0.6) is 0 Å². The van der Waals surface area contributed by atoms with Crippen LogP contribution in [0.4, 0.5) is 0 Å². The molecule has 114 valence electrons. The van der Waals surface area contributed by atoms with E-state index in [1.807, 2.05) is 42.3 Å². The number of hydrogen-bond donors (Lipinski definition) is 0. The van der Waals surface area contributed by atoms with Crippen LogP contribution in [0.3, 0.4) is 0 Å². The lowest BCUT2D eigenvalue weighted by atomic mass is 9.67. The largest absolute Gasteiger partial charge is 0.342 e. The predicted octanol–water partition coefficient (Wildman–Crippen LogP) is 4.37. The third kappa shape index (κ3) is 3.66. The summed E-state index contributed by atoms with van der Waals surface area (Å²) in [7, 11) is 1.94. The van der Waals surface area contributed by atoms with Gasteiger partial charge in [-0.15, -0.1) is 0 Å². The summed E-state index contributed by atoms with van der Waals surface area (Å²) in [6.45, 7) is 0.901. The Bertz CT molecular complexity index is 458. The Balaban J connectivity index is 1.49. The number of carbonyl (C=O) groups is 1. The van der Waals surface area contributed by atoms with Crippen molar-refractivity contribution in [1.82, 2.24) is 4.90 Å². The Kier molecular flexibility index (Phi) is 4.62. The molecule has 1 aromatic rings. The van der Waals surface area contributed by atoms with Gasteiger partial charge in [-0.1, -0.05) is 37.5 Å². The summed E-state index contributed by atoms with van der Waals surface area (Å²) < 4.78 is 0. The van der Waals surface area contributed by atoms with Gasteiger partial charge >= 0.3 is 0 Å². The van der Waals surface area contributed by atoms with Gasteiger partial charge in [0.15, 0.2) is 0 Å². The van der Waals surface area contributed by atoms with Crippen LogP contribution in [-0.2, 0) is 0 Å². The normalized spacial score (nSPS) is 28.1. The lowest BCUT2D eigenvalue weighted by Gasteiger charge is -2.39. The maximum Gasteiger partial charge on any atom is 0.253 e. The first-order valence-corrected chi connectivity index (χ1v) is 8.53. The number of benzene rings is 1. The van der Waals surface area contributed by atoms with Crippen molar-refractivity contribution in [3.8, 4) is 0 Å². The summed E-state index contributed by atoms with van der Waals surface area (Å²) in [6.07, 6.45) is 9.83. The summed E-state index contributed by atoms with van der Waals surface area (Å²) in [4.78, 5) is 14.2. The van der Waals surface area contributed by atoms with Crippen molar-refractivity contribution >= 4 is 5.91 Å². The van der Waals surface area contributed by atoms with Gasteiger partial charge in [0.25, 0.3) is 5.91 Å². The predicted molar refractivity (Wildman–Crippen MR) is 86.2 cm³/mol. The molecule has 0 saturated heterocycles. The van der Waals surface area contributed by atoms with Crippen LogP contribution in [0.2, 0.25) is 0 Å². The molecule has 21 heavy (non-hydrogen) atoms. The van der Waals surface area contributed by atoms with Crippen molar-refractivity contribution in [2.24, 2.45) is 17.8 Å². The average Bonchev–Trinajstić information content (AvgIpc) is 2.52. The molecule has 3 rings (SSSR count). The van der Waals surface area contributed by atoms with E-state index in [0.29, 0.717) is 0 Å². The average molecular weight is 285 g/mol. The van der Waals surface area contributed by atoms with Crippen LogP contribution >= 0.6 is 0 Å². The van der Waals surface area contributed by atoms with Gasteiger partial charge in [0.1, 0.15) is 0 Å². The highest BCUT2D eigenvalue weighted by Crippen LogP contribution is 2.43. The maximum atomic E-state index is 12.3. The first-order chi connectivity index (χ1) is 10.2. The fraction of sp³-hybridized carbons (Fsp3) is 0.632. The second-order valence-corrected chi connectivity index (χ2v) is 7.12. The topological polar surface area (TPSA) is 20.3 Å². The first kappa shape index (κ1) is 14.6. The molecule has 0 heterocycles. The van der Waals surface area contributed by atoms with Gasteiger partial charge in [0, 0.05) is 19.2 Å². The quantitative estimate of drug-likeness (QED) is 0.804. The highest BCUT2D eigenvalue weighted by atomic mass is 16.2. The Morgan fingerprint density at radius 3 is 2.43 bits per heavy atom. The van der Waals surface area contributed by atoms with Crippen LogP contribution in [0.25, 0.3) is 0 Å². The molecule has 2 nitrogen and oxygen atoms in total. The Hall–Kier alpha value is -1.31. The highest BCUT2D eigenvalue weighted by Gasteiger charge is 2.31. The minimum atomic E-state index is 0.159. The van der Waals surface area contributed by atoms with Gasteiger partial charge in [0.05, 0.1) is 0 Å². The van der Waals surface area contributed by atoms with E-state index in [2.05, 4.69) is 0 Å². The Labute approximate surface area is 128 Å². The summed E-state index contributed by atoms with van der Waals surface area (Å²) >= 11 is 0. The zero-order valence-electron chi connectivity index (χ0n) is 13.1. The lowest BCUT2D eigenvalue weighted by Crippen LogP contribution is -2.32. The molecule has 2 unspecified atom stereocenters. The molecule has 0 aliphatic heterocycles. The van der Waals surface area contributed by atoms with E-state index in [9.17, 15) is 4.79 Å². The number of hydrogen-bond acceptors (Lipinski definition) is 1. The van der Waals surface area contributed by atoms with Crippen molar-refractivity contribution in [3.63, 3.8) is 0 Å². The molecule has 2 heteroatoms. The second kappa shape index (κ2) is 6.64. The zero-order chi connectivity index (χ0) is 14.7. The van der Waals surface area contributed by atoms with E-state index in [-0.39, 0.29) is 5.91 Å². The summed E-state index contributed by atoms with van der Waals surface area (Å²) in [5.74, 6) is 2.97. The fourth-order valence-electron chi connectivity index (χ4n) is 4.38. The van der Waals surface area contributed by atoms with Crippen LogP contribution in [-0.4, -0.2) is 24.4 Å². The smallest absolute Gasteiger partial charge is 0.253 e. The van der Waals surface area contributed by atoms with E-state index < -0.39 is 0 Å². The van der Waals surface area contributed by atoms with Gasteiger partial charge < -0.3 is 4.90 Å². The van der Waals surface area contributed by atoms with Crippen LogP contribution in [0.15, 0.2) is 30.3 Å². The third-order valence-electron chi connectivity index (χ3n) is 5.46. The van der Waals surface area contributed by atoms with Crippen LogP contribution in [0, 0.1) is 17.8 Å². The molecule has 2 saturated carbocycles. The molecule has 1 aromatic carbocycles. The van der Waals surface area contributed by atoms with E-state index in [4.69, 9.17) is 0 Å². The Morgan fingerprint density at radius 2 is 1.76 bits per heavy atom. The van der Waals surface area contributed by atoms with Crippen LogP contribution in [0.1, 0.15) is 55.3 Å². The summed E-state index contributed by atoms with van der Waals surface area (Å²) in [5, 5.41) is 0. The molecule has 1 amide bonds. The van der Waals surface area contributed by atoms with Crippen molar-refractivity contribution in [1.29, 1.82) is 0 Å². The molecule has 0 spiro atoms. The van der Waals surface area contributed by atoms with E-state index in [0.717, 1.165) is 29.9 Å². The van der Waals surface area contributed by atoms with Crippen molar-refractivity contribution in [2.45, 2.75) is 44.9 Å². The number of nitrogens with zero attached hydrogens (tertiary/aromatic N) is 1.